The lowest BCUT2D eigenvalue weighted by Gasteiger charge is -2.32. The number of amides is 6. The van der Waals surface area contributed by atoms with E-state index in [1.165, 1.54) is 13.8 Å². The number of nitrogens with zero attached hydrogens (tertiary/aromatic N) is 2. The minimum atomic E-state index is -1.08. The monoisotopic (exact) mass is 838 g/mol. The predicted octanol–water partition coefficient (Wildman–Crippen LogP) is 4.62. The van der Waals surface area contributed by atoms with E-state index in [0.29, 0.717) is 41.0 Å². The Balaban J connectivity index is 1.26. The van der Waals surface area contributed by atoms with Gasteiger partial charge in [0, 0.05) is 35.1 Å². The van der Waals surface area contributed by atoms with Crippen molar-refractivity contribution in [3.8, 4) is 0 Å². The highest BCUT2D eigenvalue weighted by Gasteiger charge is 2.35. The largest absolute Gasteiger partial charge is 0.426 e. The molecule has 0 saturated carbocycles. The molecule has 4 atom stereocenters. The Morgan fingerprint density at radius 3 is 2.16 bits per heavy atom. The Labute approximate surface area is 356 Å². The molecule has 61 heavy (non-hydrogen) atoms. The average molecular weight is 839 g/mol. The summed E-state index contributed by atoms with van der Waals surface area (Å²) in [5.41, 5.74) is 23.6. The number of primary amides is 1. The molecule has 0 spiro atoms. The first-order valence-electron chi connectivity index (χ1n) is 20.2. The van der Waals surface area contributed by atoms with Crippen molar-refractivity contribution in [3.05, 3.63) is 95.1 Å². The number of fused-ring (bicyclic) bond motifs is 2. The van der Waals surface area contributed by atoms with E-state index >= 15 is 0 Å². The third-order valence-corrected chi connectivity index (χ3v) is 10.6. The molecule has 0 aromatic heterocycles. The molecule has 1 heterocycles. The molecule has 3 aromatic carbocycles. The molecule has 6 amide bonds. The maximum Gasteiger partial charge on any atom is 0.413 e. The van der Waals surface area contributed by atoms with Crippen LogP contribution in [0, 0.1) is 11.4 Å². The molecule has 10 N–H and O–H groups in total. The van der Waals surface area contributed by atoms with E-state index in [0.717, 1.165) is 11.1 Å². The number of hydrogen-bond acceptors (Lipinski definition) is 11. The van der Waals surface area contributed by atoms with Crippen molar-refractivity contribution in [1.29, 1.82) is 5.53 Å². The minimum absolute atomic E-state index is 0.0587. The molecular formula is C44H58N10O7. The second-order valence-corrected chi connectivity index (χ2v) is 15.9. The summed E-state index contributed by atoms with van der Waals surface area (Å²) in [6, 6.07) is 18.8. The van der Waals surface area contributed by atoms with Gasteiger partial charge in [-0.3, -0.25) is 29.3 Å². The minimum Gasteiger partial charge on any atom is -0.426 e. The van der Waals surface area contributed by atoms with E-state index in [4.69, 9.17) is 21.7 Å². The second kappa shape index (κ2) is 21.1. The van der Waals surface area contributed by atoms with E-state index in [-0.39, 0.29) is 42.8 Å². The summed E-state index contributed by atoms with van der Waals surface area (Å²) in [4.78, 5) is 79.4. The first kappa shape index (κ1) is 47.1. The molecule has 0 aliphatic carbocycles. The first-order chi connectivity index (χ1) is 28.9. The number of benzene rings is 3. The lowest BCUT2D eigenvalue weighted by atomic mass is 9.77. The Morgan fingerprint density at radius 2 is 1.51 bits per heavy atom. The Hall–Kier alpha value is -6.62. The molecule has 17 nitrogen and oxygen atoms in total. The van der Waals surface area contributed by atoms with Crippen LogP contribution in [0.3, 0.4) is 0 Å². The van der Waals surface area contributed by atoms with Gasteiger partial charge < -0.3 is 42.4 Å². The molecule has 0 fully saturated rings. The highest BCUT2D eigenvalue weighted by molar-refractivity contribution is 6.01. The Morgan fingerprint density at radius 1 is 0.852 bits per heavy atom. The van der Waals surface area contributed by atoms with Crippen LogP contribution in [0.4, 0.5) is 16.2 Å². The van der Waals surface area contributed by atoms with Gasteiger partial charge in [-0.15, -0.1) is 0 Å². The van der Waals surface area contributed by atoms with Crippen LogP contribution in [0.1, 0.15) is 89.5 Å². The third-order valence-electron chi connectivity index (χ3n) is 10.6. The molecule has 3 aromatic rings. The van der Waals surface area contributed by atoms with Crippen molar-refractivity contribution in [2.45, 2.75) is 104 Å². The number of carbonyl (C=O) groups excluding carboxylic acids is 6. The fraction of sp³-hybridized carbons (Fsp3) is 0.409. The Kier molecular flexibility index (Phi) is 16.3. The van der Waals surface area contributed by atoms with Gasteiger partial charge in [0.1, 0.15) is 17.8 Å². The Bertz CT molecular complexity index is 2150. The number of nitrogens with two attached hydrogens (primary N) is 2. The van der Waals surface area contributed by atoms with Crippen LogP contribution in [0.5, 0.6) is 0 Å². The van der Waals surface area contributed by atoms with Gasteiger partial charge in [-0.25, -0.2) is 10.3 Å². The van der Waals surface area contributed by atoms with Crippen molar-refractivity contribution in [2.75, 3.05) is 17.3 Å². The van der Waals surface area contributed by atoms with Gasteiger partial charge in [0.25, 0.3) is 0 Å². The van der Waals surface area contributed by atoms with Crippen molar-refractivity contribution in [1.82, 2.24) is 21.3 Å². The number of rotatable bonds is 18. The van der Waals surface area contributed by atoms with E-state index in [2.05, 4.69) is 31.7 Å². The smallest absolute Gasteiger partial charge is 0.413 e. The summed E-state index contributed by atoms with van der Waals surface area (Å²) in [6.07, 6.45) is -0.962. The number of carbonyl (C=O) groups is 6. The maximum atomic E-state index is 13.7. The molecule has 4 rings (SSSR count). The van der Waals surface area contributed by atoms with Crippen LogP contribution in [0.2, 0.25) is 0 Å². The fourth-order valence-electron chi connectivity index (χ4n) is 7.23. The normalized spacial score (nSPS) is 15.6. The van der Waals surface area contributed by atoms with Crippen LogP contribution in [-0.4, -0.2) is 67.0 Å². The zero-order valence-electron chi connectivity index (χ0n) is 35.8. The van der Waals surface area contributed by atoms with Crippen molar-refractivity contribution >= 4 is 58.4 Å². The highest BCUT2D eigenvalue weighted by Crippen LogP contribution is 2.37. The van der Waals surface area contributed by atoms with Gasteiger partial charge in [0.2, 0.25) is 29.5 Å². The number of likely N-dealkylation sites (N-methyl/N-ethyl adjacent to an activating group) is 1. The van der Waals surface area contributed by atoms with Gasteiger partial charge in [-0.1, -0.05) is 82.3 Å². The van der Waals surface area contributed by atoms with Crippen molar-refractivity contribution in [2.24, 2.45) is 22.5 Å². The maximum absolute atomic E-state index is 13.7. The molecular weight excluding hydrogens is 781 g/mol. The first-order valence-corrected chi connectivity index (χ1v) is 20.2. The standard InChI is InChI=1S/C44H58N10O7/c1-25(2)37(42(59)49-26(3)41(58)50-27(4)61-43(60)51-30-17-14-16-29(23-30)44(5,6)39(48-7)40(46)57)52-34(55)21-12-13-22-35(56)54-24-28-15-8-9-18-31(28)36(45)38(53-47)32-19-10-11-20-33(32)54/h8-11,14-20,23,25-27,37,39,47-48H,12-13,21-22,24,45H2,1-7H3,(H2,46,57)(H,49,59)(H,50,58)(H,51,60)(H,52,55)/b38-36-,53-47?/t26-,27?,37-,39+/m0/s1. The number of anilines is 2. The summed E-state index contributed by atoms with van der Waals surface area (Å²) < 4.78 is 5.32. The molecule has 326 valence electrons. The second-order valence-electron chi connectivity index (χ2n) is 15.9. The summed E-state index contributed by atoms with van der Waals surface area (Å²) >= 11 is 0. The molecule has 0 bridgehead atoms. The summed E-state index contributed by atoms with van der Waals surface area (Å²) in [5, 5.41) is 17.2. The zero-order valence-corrected chi connectivity index (χ0v) is 35.8. The molecule has 1 aliphatic rings. The quantitative estimate of drug-likeness (QED) is 0.0504. The van der Waals surface area contributed by atoms with Crippen molar-refractivity contribution < 1.29 is 33.5 Å². The summed E-state index contributed by atoms with van der Waals surface area (Å²) in [6.45, 7) is 10.4. The van der Waals surface area contributed by atoms with Gasteiger partial charge in [-0.05, 0) is 69.0 Å². The van der Waals surface area contributed by atoms with Crippen LogP contribution in [0.15, 0.2) is 77.9 Å². The molecule has 1 unspecified atom stereocenters. The van der Waals surface area contributed by atoms with Crippen LogP contribution in [0.25, 0.3) is 11.4 Å². The lowest BCUT2D eigenvalue weighted by molar-refractivity contribution is -0.133. The SMILES string of the molecule is CN[C@H](C(N)=O)C(C)(C)c1cccc(NC(=O)OC(C)NC(=O)[C@H](C)NC(=O)[C@@H](NC(=O)CCCCC(=O)N2Cc3ccccc3/C(N)=C(/N=N)c3ccccc32)C(C)C)c1. The lowest BCUT2D eigenvalue weighted by Crippen LogP contribution is -2.55. The number of hydrogen-bond donors (Lipinski definition) is 8. The predicted molar refractivity (Wildman–Crippen MR) is 232 cm³/mol. The summed E-state index contributed by atoms with van der Waals surface area (Å²) in [7, 11) is 1.64. The van der Waals surface area contributed by atoms with Crippen LogP contribution in [-0.2, 0) is 40.7 Å². The number of unbranched alkanes of at least 4 members (excludes halogenated alkanes) is 1. The van der Waals surface area contributed by atoms with E-state index < -0.39 is 53.6 Å². The number of ether oxygens (including phenoxy) is 1. The number of para-hydroxylation sites is 1. The summed E-state index contributed by atoms with van der Waals surface area (Å²) in [5.74, 6) is -2.61. The number of nitrogens with one attached hydrogen (secondary N) is 6. The average Bonchev–Trinajstić information content (AvgIpc) is 3.20. The van der Waals surface area contributed by atoms with Gasteiger partial charge >= 0.3 is 6.09 Å². The van der Waals surface area contributed by atoms with Crippen molar-refractivity contribution in [3.63, 3.8) is 0 Å². The van der Waals surface area contributed by atoms with E-state index in [1.807, 2.05) is 44.2 Å². The highest BCUT2D eigenvalue weighted by atomic mass is 16.6. The zero-order chi connectivity index (χ0) is 45.0. The molecule has 0 saturated heterocycles. The fourth-order valence-corrected chi connectivity index (χ4v) is 7.23. The van der Waals surface area contributed by atoms with Gasteiger partial charge in [-0.2, -0.15) is 5.11 Å². The van der Waals surface area contributed by atoms with Gasteiger partial charge in [0.15, 0.2) is 6.23 Å². The van der Waals surface area contributed by atoms with E-state index in [9.17, 15) is 28.8 Å². The topological polar surface area (TPSA) is 263 Å². The van der Waals surface area contributed by atoms with Crippen LogP contribution < -0.4 is 43.0 Å². The van der Waals surface area contributed by atoms with E-state index in [1.54, 1.807) is 68.3 Å². The third kappa shape index (κ3) is 12.0. The van der Waals surface area contributed by atoms with Gasteiger partial charge in [0.05, 0.1) is 24.0 Å². The molecule has 17 heteroatoms. The molecule has 0 radical (unpaired) electrons. The van der Waals surface area contributed by atoms with Crippen LogP contribution >= 0.6 is 0 Å². The molecule has 1 aliphatic heterocycles.